The highest BCUT2D eigenvalue weighted by molar-refractivity contribution is 7.90. The molecule has 1 atom stereocenters. The molecule has 0 bridgehead atoms. The Morgan fingerprint density at radius 2 is 1.89 bits per heavy atom. The Bertz CT molecular complexity index is 1390. The lowest BCUT2D eigenvalue weighted by molar-refractivity contribution is -0.121. The lowest BCUT2D eigenvalue weighted by Crippen LogP contribution is -2.15. The number of hydrogen-bond donors (Lipinski definition) is 1. The molecule has 1 unspecified atom stereocenters. The van der Waals surface area contributed by atoms with E-state index in [1.54, 1.807) is 12.1 Å². The van der Waals surface area contributed by atoms with Crippen LogP contribution in [0.4, 0.5) is 34.6 Å². The summed E-state index contributed by atoms with van der Waals surface area (Å²) in [7, 11) is -3.70. The zero-order chi connectivity index (χ0) is 26.5. The van der Waals surface area contributed by atoms with Crippen molar-refractivity contribution in [2.75, 3.05) is 24.8 Å². The predicted octanol–water partition coefficient (Wildman–Crippen LogP) is 4.78. The number of benzene rings is 1. The summed E-state index contributed by atoms with van der Waals surface area (Å²) in [6.45, 7) is 1.17. The first-order chi connectivity index (χ1) is 17.4. The third-order valence-electron chi connectivity index (χ3n) is 6.91. The number of hydrogen-bond acceptors (Lipinski definition) is 7. The van der Waals surface area contributed by atoms with Crippen LogP contribution in [0, 0.1) is 5.92 Å². The molecule has 1 saturated carbocycles. The number of alkyl halides is 4. The lowest BCUT2D eigenvalue weighted by atomic mass is 9.91. The van der Waals surface area contributed by atoms with Crippen LogP contribution in [0.15, 0.2) is 34.2 Å². The third-order valence-corrected chi connectivity index (χ3v) is 8.05. The molecular formula is C25H25F4N3O4S. The Kier molecular flexibility index (Phi) is 6.59. The van der Waals surface area contributed by atoms with Gasteiger partial charge in [0.15, 0.2) is 9.84 Å². The fourth-order valence-corrected chi connectivity index (χ4v) is 5.68. The van der Waals surface area contributed by atoms with Crippen LogP contribution in [-0.4, -0.2) is 56.7 Å². The molecule has 1 aliphatic carbocycles. The van der Waals surface area contributed by atoms with E-state index in [4.69, 9.17) is 4.74 Å². The molecule has 1 saturated heterocycles. The Balaban J connectivity index is 1.51. The number of aliphatic imine (C=N–C) groups is 1. The Morgan fingerprint density at radius 1 is 1.19 bits per heavy atom. The number of anilines is 2. The van der Waals surface area contributed by atoms with Gasteiger partial charge >= 0.3 is 0 Å². The highest BCUT2D eigenvalue weighted by atomic mass is 32.2. The van der Waals surface area contributed by atoms with Crippen molar-refractivity contribution in [1.29, 1.82) is 0 Å². The molecular weight excluding hydrogens is 514 g/mol. The van der Waals surface area contributed by atoms with Crippen LogP contribution in [0.25, 0.3) is 0 Å². The number of rotatable bonds is 8. The quantitative estimate of drug-likeness (QED) is 0.485. The van der Waals surface area contributed by atoms with Gasteiger partial charge in [-0.15, -0.1) is 0 Å². The zero-order valence-corrected chi connectivity index (χ0v) is 20.8. The Hall–Kier alpha value is -2.86. The summed E-state index contributed by atoms with van der Waals surface area (Å²) in [5.41, 5.74) is 1.22. The van der Waals surface area contributed by atoms with Crippen molar-refractivity contribution in [1.82, 2.24) is 4.98 Å². The molecule has 2 aliphatic heterocycles. The van der Waals surface area contributed by atoms with E-state index >= 15 is 0 Å². The SMILES string of the molecule is CS(=O)(=O)c1cc(C2CCOCC2)ccc1Nc1cc(CC(=O)C2CC2(F)F)nc2c1N=C(C(F)F)C2. The van der Waals surface area contributed by atoms with Crippen molar-refractivity contribution in [3.63, 3.8) is 0 Å². The van der Waals surface area contributed by atoms with E-state index in [1.165, 1.54) is 6.07 Å². The van der Waals surface area contributed by atoms with E-state index in [2.05, 4.69) is 15.3 Å². The van der Waals surface area contributed by atoms with E-state index in [0.717, 1.165) is 24.7 Å². The fourth-order valence-electron chi connectivity index (χ4n) is 4.81. The molecule has 3 heterocycles. The molecule has 2 aromatic rings. The molecule has 5 rings (SSSR count). The molecule has 7 nitrogen and oxygen atoms in total. The number of ketones is 1. The van der Waals surface area contributed by atoms with E-state index in [9.17, 15) is 30.8 Å². The van der Waals surface area contributed by atoms with Gasteiger partial charge in [0.25, 0.3) is 12.3 Å². The van der Waals surface area contributed by atoms with Crippen molar-refractivity contribution in [2.24, 2.45) is 10.9 Å². The van der Waals surface area contributed by atoms with Crippen molar-refractivity contribution in [2.45, 2.75) is 55.3 Å². The van der Waals surface area contributed by atoms with Crippen LogP contribution in [0.5, 0.6) is 0 Å². The minimum absolute atomic E-state index is 0.0216. The Morgan fingerprint density at radius 3 is 2.51 bits per heavy atom. The molecule has 1 aromatic heterocycles. The summed E-state index contributed by atoms with van der Waals surface area (Å²) in [6.07, 6.45) is -1.41. The molecule has 0 amide bonds. The molecule has 198 valence electrons. The van der Waals surface area contributed by atoms with Gasteiger partial charge in [-0.25, -0.2) is 31.0 Å². The average Bonchev–Trinajstić information content (AvgIpc) is 3.27. The van der Waals surface area contributed by atoms with Crippen molar-refractivity contribution >= 4 is 38.4 Å². The maximum absolute atomic E-state index is 13.4. The normalized spacial score (nSPS) is 21.0. The molecule has 3 aliphatic rings. The molecule has 37 heavy (non-hydrogen) atoms. The first-order valence-electron chi connectivity index (χ1n) is 11.9. The van der Waals surface area contributed by atoms with Crippen molar-refractivity contribution in [3.05, 3.63) is 41.2 Å². The number of Topliss-reactive ketones (excluding diaryl/α,β-unsaturated/α-hetero) is 1. The van der Waals surface area contributed by atoms with Gasteiger partial charge in [-0.3, -0.25) is 9.78 Å². The standard InChI is InChI=1S/C25H25F4N3O4S/c1-37(34,35)22-8-14(13-4-6-36-7-5-13)2-3-17(22)31-18-9-15(10-21(33)16-12-25(16,28)29)30-19-11-20(24(26)27)32-23(18)19/h2-3,8-9,13,16,24H,4-7,10-12H2,1H3,(H,30,31). The highest BCUT2D eigenvalue weighted by Crippen LogP contribution is 2.49. The summed E-state index contributed by atoms with van der Waals surface area (Å²) < 4.78 is 84.4. The molecule has 12 heteroatoms. The van der Waals surface area contributed by atoms with Gasteiger partial charge in [-0.2, -0.15) is 0 Å². The van der Waals surface area contributed by atoms with Gasteiger partial charge in [0.1, 0.15) is 11.5 Å². The second kappa shape index (κ2) is 9.46. The van der Waals surface area contributed by atoms with Crippen LogP contribution in [0.1, 0.15) is 42.1 Å². The summed E-state index contributed by atoms with van der Waals surface area (Å²) in [5.74, 6) is -4.95. The Labute approximate surface area is 211 Å². The molecule has 0 spiro atoms. The summed E-state index contributed by atoms with van der Waals surface area (Å²) in [6, 6.07) is 6.40. The number of fused-ring (bicyclic) bond motifs is 1. The number of pyridine rings is 1. The monoisotopic (exact) mass is 539 g/mol. The van der Waals surface area contributed by atoms with E-state index < -0.39 is 52.4 Å². The number of aromatic nitrogens is 1. The molecule has 0 radical (unpaired) electrons. The lowest BCUT2D eigenvalue weighted by Gasteiger charge is -2.23. The molecule has 2 fully saturated rings. The van der Waals surface area contributed by atoms with Gasteiger partial charge in [0.2, 0.25) is 0 Å². The van der Waals surface area contributed by atoms with Gasteiger partial charge in [0, 0.05) is 38.7 Å². The number of sulfone groups is 1. The van der Waals surface area contributed by atoms with Gasteiger partial charge in [0.05, 0.1) is 39.3 Å². The second-order valence-corrected chi connectivity index (χ2v) is 11.7. The molecule has 1 N–H and O–H groups in total. The van der Waals surface area contributed by atoms with Crippen LogP contribution in [0.3, 0.4) is 0 Å². The first-order valence-corrected chi connectivity index (χ1v) is 13.8. The van der Waals surface area contributed by atoms with Crippen LogP contribution in [0.2, 0.25) is 0 Å². The summed E-state index contributed by atoms with van der Waals surface area (Å²) in [5, 5.41) is 2.99. The average molecular weight is 540 g/mol. The van der Waals surface area contributed by atoms with Gasteiger partial charge in [-0.1, -0.05) is 6.07 Å². The van der Waals surface area contributed by atoms with Crippen LogP contribution >= 0.6 is 0 Å². The van der Waals surface area contributed by atoms with E-state index in [-0.39, 0.29) is 45.7 Å². The van der Waals surface area contributed by atoms with E-state index in [0.29, 0.717) is 13.2 Å². The smallest absolute Gasteiger partial charge is 0.277 e. The molecule has 1 aromatic carbocycles. The van der Waals surface area contributed by atoms with Crippen LogP contribution < -0.4 is 5.32 Å². The summed E-state index contributed by atoms with van der Waals surface area (Å²) in [4.78, 5) is 20.6. The maximum atomic E-state index is 13.4. The number of nitrogens with zero attached hydrogens (tertiary/aromatic N) is 2. The fraction of sp³-hybridized carbons (Fsp3) is 0.480. The maximum Gasteiger partial charge on any atom is 0.277 e. The number of carbonyl (C=O) groups excluding carboxylic acids is 1. The van der Waals surface area contributed by atoms with Gasteiger partial charge < -0.3 is 10.1 Å². The van der Waals surface area contributed by atoms with Crippen LogP contribution in [-0.2, 0) is 32.2 Å². The van der Waals surface area contributed by atoms with Crippen molar-refractivity contribution in [3.8, 4) is 0 Å². The number of nitrogens with one attached hydrogen (secondary N) is 1. The van der Waals surface area contributed by atoms with Crippen molar-refractivity contribution < 1.29 is 35.5 Å². The van der Waals surface area contributed by atoms with Gasteiger partial charge in [-0.05, 0) is 42.5 Å². The second-order valence-electron chi connectivity index (χ2n) is 9.74. The topological polar surface area (TPSA) is 97.7 Å². The first kappa shape index (κ1) is 25.8. The number of halogens is 4. The predicted molar refractivity (Wildman–Crippen MR) is 128 cm³/mol. The minimum atomic E-state index is -3.70. The number of carbonyl (C=O) groups is 1. The zero-order valence-electron chi connectivity index (χ0n) is 19.9. The summed E-state index contributed by atoms with van der Waals surface area (Å²) >= 11 is 0. The minimum Gasteiger partial charge on any atom is -0.381 e. The van der Waals surface area contributed by atoms with E-state index in [1.807, 2.05) is 6.07 Å². The third kappa shape index (κ3) is 5.40. The number of ether oxygens (including phenoxy) is 1. The largest absolute Gasteiger partial charge is 0.381 e. The highest BCUT2D eigenvalue weighted by Gasteiger charge is 2.60.